The third kappa shape index (κ3) is 8.71. The Labute approximate surface area is 199 Å². The third-order valence-corrected chi connectivity index (χ3v) is 5.82. The van der Waals surface area contributed by atoms with Crippen LogP contribution < -0.4 is 4.74 Å². The molecular weight excluding hydrogens is 469 g/mol. The van der Waals surface area contributed by atoms with Gasteiger partial charge in [0, 0.05) is 24.2 Å². The van der Waals surface area contributed by atoms with Crippen molar-refractivity contribution in [1.82, 2.24) is 20.1 Å². The zero-order valence-corrected chi connectivity index (χ0v) is 19.2. The molecule has 3 aromatic rings. The Morgan fingerprint density at radius 1 is 1.03 bits per heavy atom. The van der Waals surface area contributed by atoms with Crippen LogP contribution >= 0.6 is 11.3 Å². The minimum absolute atomic E-state index is 0.440. The second-order valence-corrected chi connectivity index (χ2v) is 8.66. The first-order valence-corrected chi connectivity index (χ1v) is 11.6. The van der Waals surface area contributed by atoms with E-state index < -0.39 is 12.1 Å². The number of thiazole rings is 1. The zero-order chi connectivity index (χ0) is 24.4. The maximum absolute atomic E-state index is 10.6. The minimum atomic E-state index is -5.08. The van der Waals surface area contributed by atoms with E-state index in [4.69, 9.17) is 14.6 Å². The van der Waals surface area contributed by atoms with E-state index in [1.165, 1.54) is 37.1 Å². The van der Waals surface area contributed by atoms with Crippen molar-refractivity contribution in [3.8, 4) is 5.88 Å². The number of aromatic nitrogens is 3. The molecule has 0 saturated carbocycles. The summed E-state index contributed by atoms with van der Waals surface area (Å²) in [6, 6.07) is 12.9. The summed E-state index contributed by atoms with van der Waals surface area (Å²) < 4.78 is 37.3. The van der Waals surface area contributed by atoms with Crippen LogP contribution in [0.1, 0.15) is 34.7 Å². The molecular formula is C23H25F3N4O3S. The fourth-order valence-electron chi connectivity index (χ4n) is 3.30. The van der Waals surface area contributed by atoms with Crippen LogP contribution in [-0.4, -0.2) is 50.4 Å². The van der Waals surface area contributed by atoms with Crippen LogP contribution in [0, 0.1) is 0 Å². The standard InChI is InChI=1S/C21H24N4OS.C2HF3O2/c1-2-13-25(12-1)15-18-5-3-17(4-6-18)7-8-19-9-10-20(24-23-19)26-16-21-22-11-14-27-21;3-2(4,5)1(6)7/h3-6,9-11,14H,1-2,7-8,12-13,15-16H2;(H,6,7). The largest absolute Gasteiger partial charge is 0.490 e. The van der Waals surface area contributed by atoms with Crippen LogP contribution in [0.4, 0.5) is 13.2 Å². The number of hydrogen-bond donors (Lipinski definition) is 1. The number of aryl methyl sites for hydroxylation is 2. The number of aliphatic carboxylic acids is 1. The lowest BCUT2D eigenvalue weighted by atomic mass is 10.1. The number of ether oxygens (including phenoxy) is 1. The van der Waals surface area contributed by atoms with E-state index in [-0.39, 0.29) is 0 Å². The normalized spacial score (nSPS) is 13.9. The van der Waals surface area contributed by atoms with Gasteiger partial charge in [0.05, 0.1) is 5.69 Å². The van der Waals surface area contributed by atoms with Crippen LogP contribution in [0.3, 0.4) is 0 Å². The summed E-state index contributed by atoms with van der Waals surface area (Å²) in [6.45, 7) is 4.00. The Hall–Kier alpha value is -3.05. The number of nitrogens with zero attached hydrogens (tertiary/aromatic N) is 4. The lowest BCUT2D eigenvalue weighted by Gasteiger charge is -2.14. The van der Waals surface area contributed by atoms with Gasteiger partial charge in [0.15, 0.2) is 0 Å². The molecule has 0 radical (unpaired) electrons. The number of carboxylic acids is 1. The average molecular weight is 495 g/mol. The van der Waals surface area contributed by atoms with Crippen molar-refractivity contribution in [2.75, 3.05) is 13.1 Å². The van der Waals surface area contributed by atoms with Gasteiger partial charge in [-0.2, -0.15) is 18.3 Å². The molecule has 1 saturated heterocycles. The average Bonchev–Trinajstić information content (AvgIpc) is 3.52. The summed E-state index contributed by atoms with van der Waals surface area (Å²) in [5.41, 5.74) is 3.73. The minimum Gasteiger partial charge on any atom is -0.475 e. The van der Waals surface area contributed by atoms with E-state index >= 15 is 0 Å². The van der Waals surface area contributed by atoms with E-state index in [9.17, 15) is 13.2 Å². The molecule has 0 spiro atoms. The molecule has 1 aliphatic heterocycles. The van der Waals surface area contributed by atoms with Gasteiger partial charge in [0.25, 0.3) is 0 Å². The van der Waals surface area contributed by atoms with Gasteiger partial charge >= 0.3 is 12.1 Å². The Balaban J connectivity index is 0.000000406. The predicted molar refractivity (Wildman–Crippen MR) is 121 cm³/mol. The predicted octanol–water partition coefficient (Wildman–Crippen LogP) is 4.53. The third-order valence-electron chi connectivity index (χ3n) is 5.06. The number of carbonyl (C=O) groups is 1. The Bertz CT molecular complexity index is 1010. The molecule has 7 nitrogen and oxygen atoms in total. The highest BCUT2D eigenvalue weighted by Crippen LogP contribution is 2.15. The molecule has 1 N–H and O–H groups in total. The molecule has 3 heterocycles. The van der Waals surface area contributed by atoms with Crippen LogP contribution in [0.5, 0.6) is 5.88 Å². The summed E-state index contributed by atoms with van der Waals surface area (Å²) in [5.74, 6) is -2.22. The van der Waals surface area contributed by atoms with E-state index in [1.807, 2.05) is 17.5 Å². The highest BCUT2D eigenvalue weighted by molar-refractivity contribution is 7.09. The van der Waals surface area contributed by atoms with Crippen LogP contribution in [0.15, 0.2) is 48.0 Å². The van der Waals surface area contributed by atoms with E-state index in [1.54, 1.807) is 17.5 Å². The molecule has 0 atom stereocenters. The Kier molecular flexibility index (Phi) is 9.34. The Morgan fingerprint density at radius 2 is 1.71 bits per heavy atom. The fourth-order valence-corrected chi connectivity index (χ4v) is 3.83. The molecule has 4 rings (SSSR count). The molecule has 11 heteroatoms. The van der Waals surface area contributed by atoms with Gasteiger partial charge in [0.1, 0.15) is 11.6 Å². The Morgan fingerprint density at radius 3 is 2.26 bits per heavy atom. The lowest BCUT2D eigenvalue weighted by molar-refractivity contribution is -0.192. The van der Waals surface area contributed by atoms with Gasteiger partial charge < -0.3 is 9.84 Å². The SMILES string of the molecule is O=C(O)C(F)(F)F.c1csc(COc2ccc(CCc3ccc(CN4CCCC4)cc3)nn2)n1. The molecule has 0 unspecified atom stereocenters. The highest BCUT2D eigenvalue weighted by Gasteiger charge is 2.38. The van der Waals surface area contributed by atoms with Crippen molar-refractivity contribution < 1.29 is 27.8 Å². The first kappa shape index (κ1) is 25.6. The maximum Gasteiger partial charge on any atom is 0.490 e. The molecule has 2 aromatic heterocycles. The first-order chi connectivity index (χ1) is 16.3. The van der Waals surface area contributed by atoms with Gasteiger partial charge in [-0.15, -0.1) is 16.4 Å². The summed E-state index contributed by atoms with van der Waals surface area (Å²) in [6.07, 6.45) is 1.22. The number of benzene rings is 1. The summed E-state index contributed by atoms with van der Waals surface area (Å²) in [7, 11) is 0. The molecule has 1 aromatic carbocycles. The number of likely N-dealkylation sites (tertiary alicyclic amines) is 1. The van der Waals surface area contributed by atoms with Crippen LogP contribution in [0.2, 0.25) is 0 Å². The van der Waals surface area contributed by atoms with Gasteiger partial charge in [-0.25, -0.2) is 9.78 Å². The topological polar surface area (TPSA) is 88.4 Å². The number of hydrogen-bond acceptors (Lipinski definition) is 7. The maximum atomic E-state index is 10.6. The first-order valence-electron chi connectivity index (χ1n) is 10.7. The van der Waals surface area contributed by atoms with Gasteiger partial charge in [-0.1, -0.05) is 24.3 Å². The second-order valence-electron chi connectivity index (χ2n) is 7.68. The second kappa shape index (κ2) is 12.4. The van der Waals surface area contributed by atoms with Crippen molar-refractivity contribution in [3.63, 3.8) is 0 Å². The molecule has 1 fully saturated rings. The zero-order valence-electron chi connectivity index (χ0n) is 18.4. The number of rotatable bonds is 8. The molecule has 182 valence electrons. The van der Waals surface area contributed by atoms with Crippen LogP contribution in [0.25, 0.3) is 0 Å². The van der Waals surface area contributed by atoms with Gasteiger partial charge in [-0.05, 0) is 56.0 Å². The van der Waals surface area contributed by atoms with E-state index in [2.05, 4.69) is 44.3 Å². The van der Waals surface area contributed by atoms with E-state index in [0.29, 0.717) is 12.5 Å². The molecule has 0 aliphatic carbocycles. The monoisotopic (exact) mass is 494 g/mol. The molecule has 0 bridgehead atoms. The quantitative estimate of drug-likeness (QED) is 0.492. The van der Waals surface area contributed by atoms with Crippen molar-refractivity contribution in [2.24, 2.45) is 0 Å². The van der Waals surface area contributed by atoms with Crippen molar-refractivity contribution >= 4 is 17.3 Å². The summed E-state index contributed by atoms with van der Waals surface area (Å²) >= 11 is 1.57. The fraction of sp³-hybridized carbons (Fsp3) is 0.391. The number of alkyl halides is 3. The number of halogens is 3. The smallest absolute Gasteiger partial charge is 0.475 e. The van der Waals surface area contributed by atoms with Crippen molar-refractivity contribution in [1.29, 1.82) is 0 Å². The van der Waals surface area contributed by atoms with Crippen molar-refractivity contribution in [2.45, 2.75) is 45.0 Å². The van der Waals surface area contributed by atoms with Crippen molar-refractivity contribution in [3.05, 3.63) is 69.8 Å². The van der Waals surface area contributed by atoms with E-state index in [0.717, 1.165) is 30.1 Å². The molecule has 34 heavy (non-hydrogen) atoms. The summed E-state index contributed by atoms with van der Waals surface area (Å²) in [4.78, 5) is 15.6. The number of carboxylic acid groups (broad SMARTS) is 1. The molecule has 0 amide bonds. The van der Waals surface area contributed by atoms with Gasteiger partial charge in [-0.3, -0.25) is 4.90 Å². The summed E-state index contributed by atoms with van der Waals surface area (Å²) in [5, 5.41) is 18.4. The highest BCUT2D eigenvalue weighted by atomic mass is 32.1. The van der Waals surface area contributed by atoms with Gasteiger partial charge in [0.2, 0.25) is 5.88 Å². The lowest BCUT2D eigenvalue weighted by Crippen LogP contribution is -2.21. The molecule has 1 aliphatic rings. The van der Waals surface area contributed by atoms with Crippen LogP contribution in [-0.2, 0) is 30.8 Å².